The van der Waals surface area contributed by atoms with E-state index < -0.39 is 15.9 Å². The summed E-state index contributed by atoms with van der Waals surface area (Å²) >= 11 is 0. The number of amides is 2. The minimum atomic E-state index is -2.98. The van der Waals surface area contributed by atoms with Crippen LogP contribution in [0, 0.1) is 0 Å². The molecule has 2 heterocycles. The quantitative estimate of drug-likeness (QED) is 0.494. The molecule has 0 radical (unpaired) electrons. The van der Waals surface area contributed by atoms with Crippen LogP contribution in [0.4, 0.5) is 0 Å². The smallest absolute Gasteiger partial charge is 0.251 e. The molecule has 0 spiro atoms. The minimum Gasteiger partial charge on any atom is -0.390 e. The van der Waals surface area contributed by atoms with E-state index in [9.17, 15) is 23.1 Å². The SMILES string of the molecule is O=C(NC[C@@H](O)[C@@H]1Cc2ccccc2CN1)c1ccc(C(=O)NC2CCS(=O)(=O)CC2)cc1. The van der Waals surface area contributed by atoms with Gasteiger partial charge in [-0.25, -0.2) is 8.42 Å². The van der Waals surface area contributed by atoms with Gasteiger partial charge in [-0.1, -0.05) is 24.3 Å². The Morgan fingerprint density at radius 3 is 2.24 bits per heavy atom. The van der Waals surface area contributed by atoms with Gasteiger partial charge in [-0.3, -0.25) is 9.59 Å². The first-order valence-corrected chi connectivity index (χ1v) is 13.0. The van der Waals surface area contributed by atoms with Crippen LogP contribution < -0.4 is 16.0 Å². The molecule has 1 fully saturated rings. The molecule has 2 amide bonds. The fourth-order valence-electron chi connectivity index (χ4n) is 4.27. The number of fused-ring (bicyclic) bond motifs is 1. The van der Waals surface area contributed by atoms with Crippen LogP contribution in [-0.2, 0) is 22.8 Å². The fraction of sp³-hybridized carbons (Fsp3) is 0.417. The molecule has 4 N–H and O–H groups in total. The highest BCUT2D eigenvalue weighted by atomic mass is 32.2. The number of carbonyl (C=O) groups excluding carboxylic acids is 2. The molecule has 8 nitrogen and oxygen atoms in total. The molecule has 0 unspecified atom stereocenters. The van der Waals surface area contributed by atoms with E-state index in [1.54, 1.807) is 24.3 Å². The van der Waals surface area contributed by atoms with E-state index in [2.05, 4.69) is 28.1 Å². The maximum Gasteiger partial charge on any atom is 0.251 e. The molecule has 1 saturated heterocycles. The van der Waals surface area contributed by atoms with Gasteiger partial charge < -0.3 is 21.1 Å². The fourth-order valence-corrected chi connectivity index (χ4v) is 5.76. The molecule has 2 aliphatic heterocycles. The number of benzene rings is 2. The van der Waals surface area contributed by atoms with Crippen LogP contribution in [0.1, 0.15) is 44.7 Å². The molecule has 2 aromatic carbocycles. The number of aliphatic hydroxyl groups excluding tert-OH is 1. The predicted molar refractivity (Wildman–Crippen MR) is 125 cm³/mol. The molecule has 0 saturated carbocycles. The van der Waals surface area contributed by atoms with Gasteiger partial charge in [0.1, 0.15) is 9.84 Å². The molecule has 4 rings (SSSR count). The predicted octanol–water partition coefficient (Wildman–Crippen LogP) is 0.799. The number of aliphatic hydroxyl groups is 1. The lowest BCUT2D eigenvalue weighted by molar-refractivity contribution is 0.0868. The summed E-state index contributed by atoms with van der Waals surface area (Å²) in [5.41, 5.74) is 3.23. The van der Waals surface area contributed by atoms with Crippen molar-refractivity contribution in [2.45, 2.75) is 44.0 Å². The summed E-state index contributed by atoms with van der Waals surface area (Å²) in [6.07, 6.45) is 0.798. The summed E-state index contributed by atoms with van der Waals surface area (Å²) in [6, 6.07) is 14.1. The third kappa shape index (κ3) is 5.98. The molecule has 2 aromatic rings. The van der Waals surface area contributed by atoms with E-state index in [1.165, 1.54) is 11.1 Å². The lowest BCUT2D eigenvalue weighted by Crippen LogP contribution is -2.49. The second-order valence-corrected chi connectivity index (χ2v) is 11.0. The Hall–Kier alpha value is -2.75. The molecule has 9 heteroatoms. The van der Waals surface area contributed by atoms with Gasteiger partial charge in [-0.2, -0.15) is 0 Å². The van der Waals surface area contributed by atoms with Crippen LogP contribution in [0.15, 0.2) is 48.5 Å². The summed E-state index contributed by atoms with van der Waals surface area (Å²) < 4.78 is 23.0. The zero-order chi connectivity index (χ0) is 23.4. The molecule has 2 aliphatic rings. The molecular formula is C24H29N3O5S. The van der Waals surface area contributed by atoms with Gasteiger partial charge in [-0.05, 0) is 54.7 Å². The van der Waals surface area contributed by atoms with Crippen molar-refractivity contribution in [3.8, 4) is 0 Å². The van der Waals surface area contributed by atoms with Gasteiger partial charge >= 0.3 is 0 Å². The third-order valence-corrected chi connectivity index (χ3v) is 8.06. The van der Waals surface area contributed by atoms with Crippen LogP contribution in [0.5, 0.6) is 0 Å². The van der Waals surface area contributed by atoms with Crippen molar-refractivity contribution in [1.82, 2.24) is 16.0 Å². The highest BCUT2D eigenvalue weighted by molar-refractivity contribution is 7.91. The van der Waals surface area contributed by atoms with E-state index in [4.69, 9.17) is 0 Å². The van der Waals surface area contributed by atoms with Crippen molar-refractivity contribution >= 4 is 21.7 Å². The van der Waals surface area contributed by atoms with E-state index in [0.717, 1.165) is 0 Å². The van der Waals surface area contributed by atoms with Crippen molar-refractivity contribution < 1.29 is 23.1 Å². The van der Waals surface area contributed by atoms with Crippen molar-refractivity contribution in [1.29, 1.82) is 0 Å². The highest BCUT2D eigenvalue weighted by Crippen LogP contribution is 2.18. The Bertz CT molecular complexity index is 1100. The van der Waals surface area contributed by atoms with Crippen molar-refractivity contribution in [2.75, 3.05) is 18.1 Å². The molecule has 0 aliphatic carbocycles. The van der Waals surface area contributed by atoms with E-state index in [-0.39, 0.29) is 41.9 Å². The van der Waals surface area contributed by atoms with Gasteiger partial charge in [0, 0.05) is 36.3 Å². The van der Waals surface area contributed by atoms with Gasteiger partial charge in [0.15, 0.2) is 0 Å². The Labute approximate surface area is 193 Å². The second kappa shape index (κ2) is 10.0. The molecule has 33 heavy (non-hydrogen) atoms. The standard InChI is InChI=1S/C24H29N3O5S/c28-22(21-13-18-3-1-2-4-19(18)14-25-21)15-26-23(29)16-5-7-17(8-6-16)24(30)27-20-9-11-33(31,32)12-10-20/h1-8,20-22,25,28H,9-15H2,(H,26,29)(H,27,30)/t21-,22+/m0/s1. The lowest BCUT2D eigenvalue weighted by Gasteiger charge is -2.30. The summed E-state index contributed by atoms with van der Waals surface area (Å²) in [6.45, 7) is 0.803. The average Bonchev–Trinajstić information content (AvgIpc) is 2.83. The maximum atomic E-state index is 12.5. The zero-order valence-electron chi connectivity index (χ0n) is 18.3. The summed E-state index contributed by atoms with van der Waals surface area (Å²) in [4.78, 5) is 24.9. The van der Waals surface area contributed by atoms with E-state index in [0.29, 0.717) is 36.9 Å². The number of hydrogen-bond acceptors (Lipinski definition) is 6. The summed E-state index contributed by atoms with van der Waals surface area (Å²) in [5.74, 6) is -0.433. The average molecular weight is 472 g/mol. The minimum absolute atomic E-state index is 0.0891. The van der Waals surface area contributed by atoms with Crippen LogP contribution in [-0.4, -0.2) is 61.6 Å². The Morgan fingerprint density at radius 1 is 0.970 bits per heavy atom. The molecule has 2 atom stereocenters. The number of rotatable bonds is 6. The normalized spacial score (nSPS) is 20.9. The Balaban J connectivity index is 1.26. The first kappa shape index (κ1) is 23.4. The molecule has 176 valence electrons. The first-order valence-electron chi connectivity index (χ1n) is 11.2. The van der Waals surface area contributed by atoms with Crippen LogP contribution in [0.2, 0.25) is 0 Å². The van der Waals surface area contributed by atoms with Crippen molar-refractivity contribution in [3.63, 3.8) is 0 Å². The molecule has 0 bridgehead atoms. The largest absolute Gasteiger partial charge is 0.390 e. The van der Waals surface area contributed by atoms with Gasteiger partial charge in [0.05, 0.1) is 17.6 Å². The summed E-state index contributed by atoms with van der Waals surface area (Å²) in [5, 5.41) is 19.5. The second-order valence-electron chi connectivity index (χ2n) is 8.71. The van der Waals surface area contributed by atoms with Crippen LogP contribution >= 0.6 is 0 Å². The van der Waals surface area contributed by atoms with Gasteiger partial charge in [0.25, 0.3) is 11.8 Å². The van der Waals surface area contributed by atoms with E-state index >= 15 is 0 Å². The molecule has 0 aromatic heterocycles. The third-order valence-electron chi connectivity index (χ3n) is 6.35. The van der Waals surface area contributed by atoms with Crippen LogP contribution in [0.3, 0.4) is 0 Å². The topological polar surface area (TPSA) is 125 Å². The number of carbonyl (C=O) groups is 2. The zero-order valence-corrected chi connectivity index (χ0v) is 19.1. The van der Waals surface area contributed by atoms with Crippen molar-refractivity contribution in [2.24, 2.45) is 0 Å². The van der Waals surface area contributed by atoms with E-state index in [1.807, 2.05) is 12.1 Å². The highest BCUT2D eigenvalue weighted by Gasteiger charge is 2.26. The van der Waals surface area contributed by atoms with Gasteiger partial charge in [0.2, 0.25) is 0 Å². The lowest BCUT2D eigenvalue weighted by atomic mass is 9.93. The first-order chi connectivity index (χ1) is 15.8. The van der Waals surface area contributed by atoms with Crippen LogP contribution in [0.25, 0.3) is 0 Å². The number of sulfone groups is 1. The molecular weight excluding hydrogens is 442 g/mol. The van der Waals surface area contributed by atoms with Crippen molar-refractivity contribution in [3.05, 3.63) is 70.8 Å². The number of nitrogens with one attached hydrogen (secondary N) is 3. The monoisotopic (exact) mass is 471 g/mol. The van der Waals surface area contributed by atoms with Gasteiger partial charge in [-0.15, -0.1) is 0 Å². The Kier molecular flexibility index (Phi) is 7.11. The number of hydrogen-bond donors (Lipinski definition) is 4. The maximum absolute atomic E-state index is 12.5. The summed E-state index contributed by atoms with van der Waals surface area (Å²) in [7, 11) is -2.98. The Morgan fingerprint density at radius 2 is 1.58 bits per heavy atom.